The molecule has 0 bridgehead atoms. The summed E-state index contributed by atoms with van der Waals surface area (Å²) in [7, 11) is 5.59. The average molecular weight is 331 g/mol. The third-order valence-corrected chi connectivity index (χ3v) is 4.15. The van der Waals surface area contributed by atoms with E-state index in [4.69, 9.17) is 0 Å². The SMILES string of the molecule is CCc1c(C(=O)O)c(=O)c2cc(CCCNC)ccc2n1N(C)C. The van der Waals surface area contributed by atoms with Gasteiger partial charge in [-0.1, -0.05) is 13.0 Å². The number of aromatic carboxylic acids is 1. The topological polar surface area (TPSA) is 74.6 Å². The van der Waals surface area contributed by atoms with Gasteiger partial charge in [0.05, 0.1) is 11.2 Å². The second-order valence-corrected chi connectivity index (χ2v) is 6.03. The van der Waals surface area contributed by atoms with Crippen LogP contribution in [-0.4, -0.2) is 43.4 Å². The second-order valence-electron chi connectivity index (χ2n) is 6.03. The lowest BCUT2D eigenvalue weighted by atomic mass is 10.0. The number of rotatable bonds is 7. The molecule has 0 spiro atoms. The summed E-state index contributed by atoms with van der Waals surface area (Å²) in [5.74, 6) is -1.17. The molecule has 130 valence electrons. The molecule has 6 heteroatoms. The minimum Gasteiger partial charge on any atom is -0.477 e. The minimum atomic E-state index is -1.17. The summed E-state index contributed by atoms with van der Waals surface area (Å²) in [6.07, 6.45) is 2.27. The van der Waals surface area contributed by atoms with Crippen molar-refractivity contribution in [3.05, 3.63) is 45.2 Å². The highest BCUT2D eigenvalue weighted by molar-refractivity contribution is 5.94. The van der Waals surface area contributed by atoms with Gasteiger partial charge in [-0.15, -0.1) is 0 Å². The van der Waals surface area contributed by atoms with Crippen LogP contribution in [-0.2, 0) is 12.8 Å². The summed E-state index contributed by atoms with van der Waals surface area (Å²) < 4.78 is 1.82. The molecular weight excluding hydrogens is 306 g/mol. The zero-order valence-electron chi connectivity index (χ0n) is 14.7. The Balaban J connectivity index is 2.75. The molecule has 0 saturated carbocycles. The molecule has 0 aliphatic rings. The summed E-state index contributed by atoms with van der Waals surface area (Å²) in [6, 6.07) is 5.76. The van der Waals surface area contributed by atoms with Gasteiger partial charge in [0.1, 0.15) is 5.56 Å². The van der Waals surface area contributed by atoms with E-state index in [9.17, 15) is 14.7 Å². The van der Waals surface area contributed by atoms with Crippen LogP contribution in [0.3, 0.4) is 0 Å². The molecule has 2 aromatic rings. The highest BCUT2D eigenvalue weighted by Gasteiger charge is 2.22. The molecule has 1 aromatic heterocycles. The number of hydrogen-bond donors (Lipinski definition) is 2. The van der Waals surface area contributed by atoms with Crippen LogP contribution >= 0.6 is 0 Å². The first-order valence-corrected chi connectivity index (χ1v) is 8.18. The van der Waals surface area contributed by atoms with Gasteiger partial charge in [-0.05, 0) is 50.6 Å². The second kappa shape index (κ2) is 7.49. The number of benzene rings is 1. The number of carboxylic acid groups (broad SMARTS) is 1. The minimum absolute atomic E-state index is 0.133. The van der Waals surface area contributed by atoms with E-state index in [1.165, 1.54) is 0 Å². The lowest BCUT2D eigenvalue weighted by Crippen LogP contribution is -2.33. The molecule has 0 saturated heterocycles. The summed E-state index contributed by atoms with van der Waals surface area (Å²) in [4.78, 5) is 24.5. The summed E-state index contributed by atoms with van der Waals surface area (Å²) >= 11 is 0. The number of fused-ring (bicyclic) bond motifs is 1. The van der Waals surface area contributed by atoms with E-state index < -0.39 is 11.4 Å². The van der Waals surface area contributed by atoms with Crippen LogP contribution in [0.4, 0.5) is 0 Å². The van der Waals surface area contributed by atoms with Crippen LogP contribution in [0.1, 0.15) is 35.0 Å². The van der Waals surface area contributed by atoms with Gasteiger partial charge in [0.25, 0.3) is 0 Å². The fraction of sp³-hybridized carbons (Fsp3) is 0.444. The summed E-state index contributed by atoms with van der Waals surface area (Å²) in [5, 5.41) is 14.9. The van der Waals surface area contributed by atoms with Gasteiger partial charge in [-0.2, -0.15) is 0 Å². The van der Waals surface area contributed by atoms with Gasteiger partial charge in [-0.25, -0.2) is 4.79 Å². The molecule has 0 fully saturated rings. The lowest BCUT2D eigenvalue weighted by Gasteiger charge is -2.25. The maximum absolute atomic E-state index is 12.8. The molecular formula is C18H25N3O3. The first-order chi connectivity index (χ1) is 11.4. The molecule has 0 atom stereocenters. The van der Waals surface area contributed by atoms with Crippen LogP contribution in [0, 0.1) is 0 Å². The standard InChI is InChI=1S/C18H25N3O3/c1-5-14-16(18(23)24)17(22)13-11-12(7-6-10-19-2)8-9-15(13)21(14)20(3)4/h8-9,11,19H,5-7,10H2,1-4H3,(H,23,24). The molecule has 6 nitrogen and oxygen atoms in total. The lowest BCUT2D eigenvalue weighted by molar-refractivity contribution is 0.0693. The number of hydrogen-bond acceptors (Lipinski definition) is 4. The molecule has 24 heavy (non-hydrogen) atoms. The van der Waals surface area contributed by atoms with Crippen LogP contribution in [0.5, 0.6) is 0 Å². The van der Waals surface area contributed by atoms with Crippen molar-refractivity contribution in [3.63, 3.8) is 0 Å². The molecule has 2 rings (SSSR count). The van der Waals surface area contributed by atoms with E-state index in [1.807, 2.05) is 56.0 Å². The van der Waals surface area contributed by atoms with E-state index in [0.29, 0.717) is 17.5 Å². The number of pyridine rings is 1. The van der Waals surface area contributed by atoms with E-state index in [2.05, 4.69) is 5.32 Å². The Bertz CT molecular complexity index is 809. The third-order valence-electron chi connectivity index (χ3n) is 4.15. The number of carboxylic acids is 1. The predicted molar refractivity (Wildman–Crippen MR) is 96.9 cm³/mol. The predicted octanol–water partition coefficient (Wildman–Crippen LogP) is 1.61. The molecule has 0 amide bonds. The zero-order valence-corrected chi connectivity index (χ0v) is 14.7. The Morgan fingerprint density at radius 3 is 2.58 bits per heavy atom. The summed E-state index contributed by atoms with van der Waals surface area (Å²) in [6.45, 7) is 2.76. The highest BCUT2D eigenvalue weighted by atomic mass is 16.4. The number of nitrogens with zero attached hydrogens (tertiary/aromatic N) is 2. The molecule has 0 radical (unpaired) electrons. The van der Waals surface area contributed by atoms with E-state index in [-0.39, 0.29) is 5.56 Å². The fourth-order valence-electron chi connectivity index (χ4n) is 3.10. The van der Waals surface area contributed by atoms with Gasteiger partial charge >= 0.3 is 5.97 Å². The Labute approximate surface area is 141 Å². The van der Waals surface area contributed by atoms with Crippen LogP contribution in [0.25, 0.3) is 10.9 Å². The Kier molecular flexibility index (Phi) is 5.62. The van der Waals surface area contributed by atoms with Crippen molar-refractivity contribution in [3.8, 4) is 0 Å². The Morgan fingerprint density at radius 1 is 1.33 bits per heavy atom. The molecule has 0 unspecified atom stereocenters. The van der Waals surface area contributed by atoms with Crippen molar-refractivity contribution >= 4 is 16.9 Å². The Morgan fingerprint density at radius 2 is 2.04 bits per heavy atom. The smallest absolute Gasteiger partial charge is 0.341 e. The van der Waals surface area contributed by atoms with Crippen molar-refractivity contribution < 1.29 is 9.90 Å². The van der Waals surface area contributed by atoms with Crippen molar-refractivity contribution in [2.45, 2.75) is 26.2 Å². The monoisotopic (exact) mass is 331 g/mol. The van der Waals surface area contributed by atoms with Crippen LogP contribution < -0.4 is 15.8 Å². The first kappa shape index (κ1) is 18.0. The van der Waals surface area contributed by atoms with Crippen molar-refractivity contribution in [1.82, 2.24) is 9.99 Å². The molecule has 1 aromatic carbocycles. The third kappa shape index (κ3) is 3.28. The van der Waals surface area contributed by atoms with Gasteiger partial charge in [0, 0.05) is 19.5 Å². The van der Waals surface area contributed by atoms with Gasteiger partial charge in [0.15, 0.2) is 0 Å². The normalized spacial score (nSPS) is 11.0. The molecule has 1 heterocycles. The fourth-order valence-corrected chi connectivity index (χ4v) is 3.10. The van der Waals surface area contributed by atoms with Gasteiger partial charge < -0.3 is 15.4 Å². The van der Waals surface area contributed by atoms with E-state index in [0.717, 1.165) is 30.5 Å². The van der Waals surface area contributed by atoms with Crippen molar-refractivity contribution in [2.24, 2.45) is 0 Å². The maximum Gasteiger partial charge on any atom is 0.341 e. The van der Waals surface area contributed by atoms with Crippen LogP contribution in [0.15, 0.2) is 23.0 Å². The van der Waals surface area contributed by atoms with Gasteiger partial charge in [0.2, 0.25) is 5.43 Å². The maximum atomic E-state index is 12.8. The highest BCUT2D eigenvalue weighted by Crippen LogP contribution is 2.19. The molecule has 2 N–H and O–H groups in total. The van der Waals surface area contributed by atoms with E-state index >= 15 is 0 Å². The average Bonchev–Trinajstić information content (AvgIpc) is 2.54. The number of aryl methyl sites for hydroxylation is 1. The zero-order chi connectivity index (χ0) is 17.9. The van der Waals surface area contributed by atoms with Crippen molar-refractivity contribution in [2.75, 3.05) is 32.7 Å². The first-order valence-electron chi connectivity index (χ1n) is 8.18. The summed E-state index contributed by atoms with van der Waals surface area (Å²) in [5.41, 5.74) is 1.77. The van der Waals surface area contributed by atoms with E-state index in [1.54, 1.807) is 0 Å². The number of nitrogens with one attached hydrogen (secondary N) is 1. The van der Waals surface area contributed by atoms with Crippen molar-refractivity contribution in [1.29, 1.82) is 0 Å². The molecule has 0 aliphatic heterocycles. The quantitative estimate of drug-likeness (QED) is 0.754. The number of carbonyl (C=O) groups is 1. The number of aromatic nitrogens is 1. The van der Waals surface area contributed by atoms with Crippen LogP contribution in [0.2, 0.25) is 0 Å². The van der Waals surface area contributed by atoms with Gasteiger partial charge in [-0.3, -0.25) is 9.47 Å². The Hall–Kier alpha value is -2.34. The largest absolute Gasteiger partial charge is 0.477 e. The molecule has 0 aliphatic carbocycles.